The second-order valence-electron chi connectivity index (χ2n) is 4.61. The third-order valence-corrected chi connectivity index (χ3v) is 3.19. The molecule has 0 saturated carbocycles. The predicted octanol–water partition coefficient (Wildman–Crippen LogP) is 1.63. The van der Waals surface area contributed by atoms with E-state index < -0.39 is 11.9 Å². The number of rotatable bonds is 6. The molecule has 1 amide bonds. The van der Waals surface area contributed by atoms with Crippen molar-refractivity contribution in [1.29, 1.82) is 0 Å². The summed E-state index contributed by atoms with van der Waals surface area (Å²) in [5, 5.41) is 15.6. The van der Waals surface area contributed by atoms with Crippen molar-refractivity contribution in [2.24, 2.45) is 0 Å². The molecule has 0 aliphatic rings. The number of benzene rings is 1. The van der Waals surface area contributed by atoms with E-state index in [4.69, 9.17) is 9.84 Å². The predicted molar refractivity (Wildman–Crippen MR) is 79.8 cm³/mol. The van der Waals surface area contributed by atoms with E-state index in [-0.39, 0.29) is 12.2 Å². The molecule has 0 atom stereocenters. The van der Waals surface area contributed by atoms with Crippen molar-refractivity contribution >= 4 is 11.9 Å². The van der Waals surface area contributed by atoms with Crippen LogP contribution in [-0.2, 0) is 4.79 Å². The van der Waals surface area contributed by atoms with E-state index in [0.717, 1.165) is 11.3 Å². The molecule has 1 heterocycles. The molecule has 1 aromatic carbocycles. The Morgan fingerprint density at radius 3 is 2.55 bits per heavy atom. The lowest BCUT2D eigenvalue weighted by molar-refractivity contribution is -0.137. The van der Waals surface area contributed by atoms with Crippen LogP contribution in [-0.4, -0.2) is 52.3 Å². The summed E-state index contributed by atoms with van der Waals surface area (Å²) in [6.45, 7) is 1.69. The molecule has 1 aromatic heterocycles. The van der Waals surface area contributed by atoms with Gasteiger partial charge in [-0.2, -0.15) is 5.10 Å². The maximum Gasteiger partial charge on any atom is 0.323 e. The highest BCUT2D eigenvalue weighted by molar-refractivity contribution is 5.95. The van der Waals surface area contributed by atoms with Gasteiger partial charge < -0.3 is 14.7 Å². The summed E-state index contributed by atoms with van der Waals surface area (Å²) in [5.74, 6) is -0.712. The number of carbonyl (C=O) groups is 2. The summed E-state index contributed by atoms with van der Waals surface area (Å²) in [5.41, 5.74) is 1.70. The Morgan fingerprint density at radius 2 is 2.00 bits per heavy atom. The van der Waals surface area contributed by atoms with E-state index >= 15 is 0 Å². The number of likely N-dealkylation sites (N-methyl/N-ethyl adjacent to an activating group) is 1. The summed E-state index contributed by atoms with van der Waals surface area (Å²) < 4.78 is 5.09. The number of aromatic amines is 1. The summed E-state index contributed by atoms with van der Waals surface area (Å²) in [6.07, 6.45) is 0. The normalized spacial score (nSPS) is 10.3. The van der Waals surface area contributed by atoms with Gasteiger partial charge in [0.2, 0.25) is 0 Å². The molecule has 7 heteroatoms. The smallest absolute Gasteiger partial charge is 0.323 e. The minimum atomic E-state index is -1.05. The number of hydrogen-bond acceptors (Lipinski definition) is 4. The Morgan fingerprint density at radius 1 is 1.32 bits per heavy atom. The molecule has 2 N–H and O–H groups in total. The van der Waals surface area contributed by atoms with Crippen molar-refractivity contribution in [1.82, 2.24) is 15.1 Å². The largest absolute Gasteiger partial charge is 0.497 e. The summed E-state index contributed by atoms with van der Waals surface area (Å²) in [7, 11) is 1.59. The number of carboxylic acids is 1. The highest BCUT2D eigenvalue weighted by Crippen LogP contribution is 2.21. The van der Waals surface area contributed by atoms with Crippen LogP contribution in [0.15, 0.2) is 30.3 Å². The lowest BCUT2D eigenvalue weighted by atomic mass is 10.1. The Balaban J connectivity index is 2.19. The number of methoxy groups -OCH3 is 1. The van der Waals surface area contributed by atoms with Gasteiger partial charge >= 0.3 is 5.97 Å². The molecule has 0 radical (unpaired) electrons. The third kappa shape index (κ3) is 3.43. The molecular weight excluding hydrogens is 286 g/mol. The van der Waals surface area contributed by atoms with Crippen molar-refractivity contribution in [3.8, 4) is 17.0 Å². The van der Waals surface area contributed by atoms with Crippen LogP contribution in [0.3, 0.4) is 0 Å². The number of aliphatic carboxylic acids is 1. The van der Waals surface area contributed by atoms with Gasteiger partial charge in [0, 0.05) is 12.1 Å². The van der Waals surface area contributed by atoms with Crippen LogP contribution in [0.2, 0.25) is 0 Å². The zero-order chi connectivity index (χ0) is 16.1. The van der Waals surface area contributed by atoms with Crippen LogP contribution in [0.25, 0.3) is 11.3 Å². The van der Waals surface area contributed by atoms with E-state index in [2.05, 4.69) is 10.2 Å². The fourth-order valence-corrected chi connectivity index (χ4v) is 2.00. The van der Waals surface area contributed by atoms with Crippen LogP contribution < -0.4 is 4.74 Å². The fraction of sp³-hybridized carbons (Fsp3) is 0.267. The molecule has 0 unspecified atom stereocenters. The Hall–Kier alpha value is -2.83. The monoisotopic (exact) mass is 303 g/mol. The molecule has 2 aromatic rings. The highest BCUT2D eigenvalue weighted by Gasteiger charge is 2.19. The van der Waals surface area contributed by atoms with E-state index in [1.165, 1.54) is 4.90 Å². The van der Waals surface area contributed by atoms with Crippen molar-refractivity contribution in [2.75, 3.05) is 20.2 Å². The number of H-pyrrole nitrogens is 1. The average Bonchev–Trinajstić information content (AvgIpc) is 3.01. The standard InChI is InChI=1S/C15H17N3O4/c1-3-18(9-14(19)20)15(21)13-8-12(16-17-13)10-4-6-11(22-2)7-5-10/h4-8H,3,9H2,1-2H3,(H,16,17)(H,19,20). The first kappa shape index (κ1) is 15.6. The molecule has 0 saturated heterocycles. The van der Waals surface area contributed by atoms with Gasteiger partial charge in [-0.15, -0.1) is 0 Å². The maximum absolute atomic E-state index is 12.2. The Labute approximate surface area is 127 Å². The first-order valence-electron chi connectivity index (χ1n) is 6.76. The summed E-state index contributed by atoms with van der Waals surface area (Å²) in [4.78, 5) is 24.2. The van der Waals surface area contributed by atoms with Gasteiger partial charge in [-0.3, -0.25) is 14.7 Å². The molecule has 0 fully saturated rings. The van der Waals surface area contributed by atoms with E-state index in [1.807, 2.05) is 12.1 Å². The summed E-state index contributed by atoms with van der Waals surface area (Å²) in [6, 6.07) is 8.87. The van der Waals surface area contributed by atoms with Crippen LogP contribution in [0.1, 0.15) is 17.4 Å². The molecule has 0 spiro atoms. The first-order valence-corrected chi connectivity index (χ1v) is 6.76. The van der Waals surface area contributed by atoms with Crippen molar-refractivity contribution < 1.29 is 19.4 Å². The Kier molecular flexibility index (Phi) is 4.77. The third-order valence-electron chi connectivity index (χ3n) is 3.19. The van der Waals surface area contributed by atoms with Gasteiger partial charge in [-0.05, 0) is 37.3 Å². The van der Waals surface area contributed by atoms with Crippen LogP contribution >= 0.6 is 0 Å². The lowest BCUT2D eigenvalue weighted by Crippen LogP contribution is -2.35. The lowest BCUT2D eigenvalue weighted by Gasteiger charge is -2.16. The number of ether oxygens (including phenoxy) is 1. The van der Waals surface area contributed by atoms with Gasteiger partial charge in [0.15, 0.2) is 0 Å². The zero-order valence-corrected chi connectivity index (χ0v) is 12.4. The maximum atomic E-state index is 12.2. The molecular formula is C15H17N3O4. The Bertz CT molecular complexity index is 664. The fourth-order valence-electron chi connectivity index (χ4n) is 2.00. The molecule has 2 rings (SSSR count). The second-order valence-corrected chi connectivity index (χ2v) is 4.61. The number of carboxylic acid groups (broad SMARTS) is 1. The van der Waals surface area contributed by atoms with Crippen LogP contribution in [0, 0.1) is 0 Å². The molecule has 116 valence electrons. The van der Waals surface area contributed by atoms with Gasteiger partial charge in [-0.25, -0.2) is 0 Å². The average molecular weight is 303 g/mol. The first-order chi connectivity index (χ1) is 10.5. The number of nitrogens with zero attached hydrogens (tertiary/aromatic N) is 2. The molecule has 0 bridgehead atoms. The second kappa shape index (κ2) is 6.75. The van der Waals surface area contributed by atoms with Gasteiger partial charge in [0.25, 0.3) is 5.91 Å². The van der Waals surface area contributed by atoms with Crippen molar-refractivity contribution in [3.05, 3.63) is 36.0 Å². The van der Waals surface area contributed by atoms with E-state index in [0.29, 0.717) is 12.2 Å². The number of nitrogens with one attached hydrogen (secondary N) is 1. The van der Waals surface area contributed by atoms with Gasteiger partial charge in [-0.1, -0.05) is 0 Å². The topological polar surface area (TPSA) is 95.5 Å². The number of carbonyl (C=O) groups excluding carboxylic acids is 1. The van der Waals surface area contributed by atoms with Crippen LogP contribution in [0.5, 0.6) is 5.75 Å². The molecule has 0 aliphatic carbocycles. The SMILES string of the molecule is CCN(CC(=O)O)C(=O)c1cc(-c2ccc(OC)cc2)n[nH]1. The quantitative estimate of drug-likeness (QED) is 0.845. The number of aromatic nitrogens is 2. The van der Waals surface area contributed by atoms with Gasteiger partial charge in [0.05, 0.1) is 12.8 Å². The minimum absolute atomic E-state index is 0.258. The van der Waals surface area contributed by atoms with Gasteiger partial charge in [0.1, 0.15) is 18.0 Å². The minimum Gasteiger partial charge on any atom is -0.497 e. The van der Waals surface area contributed by atoms with Crippen molar-refractivity contribution in [3.63, 3.8) is 0 Å². The van der Waals surface area contributed by atoms with Crippen molar-refractivity contribution in [2.45, 2.75) is 6.92 Å². The van der Waals surface area contributed by atoms with E-state index in [1.54, 1.807) is 32.2 Å². The molecule has 7 nitrogen and oxygen atoms in total. The summed E-state index contributed by atoms with van der Waals surface area (Å²) >= 11 is 0. The highest BCUT2D eigenvalue weighted by atomic mass is 16.5. The number of amides is 1. The molecule has 0 aliphatic heterocycles. The van der Waals surface area contributed by atoms with E-state index in [9.17, 15) is 9.59 Å². The zero-order valence-electron chi connectivity index (χ0n) is 12.4. The number of hydrogen-bond donors (Lipinski definition) is 2. The molecule has 22 heavy (non-hydrogen) atoms. The van der Waals surface area contributed by atoms with Crippen LogP contribution in [0.4, 0.5) is 0 Å².